The van der Waals surface area contributed by atoms with E-state index in [2.05, 4.69) is 27.5 Å². The molecule has 1 aliphatic rings. The fourth-order valence-corrected chi connectivity index (χ4v) is 2.71. The van der Waals surface area contributed by atoms with E-state index in [1.165, 1.54) is 0 Å². The second-order valence-corrected chi connectivity index (χ2v) is 6.00. The number of halogens is 1. The number of nitrogens with zero attached hydrogens (tertiary/aromatic N) is 2. The quantitative estimate of drug-likeness (QED) is 0.909. The van der Waals surface area contributed by atoms with Crippen LogP contribution in [-0.2, 0) is 0 Å². The number of carbonyl (C=O) groups is 1. The zero-order chi connectivity index (χ0) is 14.7. The van der Waals surface area contributed by atoms with Gasteiger partial charge in [-0.25, -0.2) is 0 Å². The molecule has 2 aromatic rings. The molecule has 1 saturated heterocycles. The lowest BCUT2D eigenvalue weighted by molar-refractivity contribution is 0.0922. The largest absolute Gasteiger partial charge is 0.351 e. The third-order valence-electron chi connectivity index (χ3n) is 4.22. The number of carbonyl (C=O) groups excluding carboxylic acids is 1. The second kappa shape index (κ2) is 7.03. The lowest BCUT2D eigenvalue weighted by Gasteiger charge is -2.34. The minimum Gasteiger partial charge on any atom is -0.351 e. The van der Waals surface area contributed by atoms with Crippen LogP contribution in [0.2, 0.25) is 0 Å². The summed E-state index contributed by atoms with van der Waals surface area (Å²) in [6.07, 6.45) is 5.48. The molecule has 2 N–H and O–H groups in total. The predicted molar refractivity (Wildman–Crippen MR) is 89.3 cm³/mol. The highest BCUT2D eigenvalue weighted by Gasteiger charge is 2.27. The van der Waals surface area contributed by atoms with Crippen molar-refractivity contribution in [3.63, 3.8) is 0 Å². The van der Waals surface area contributed by atoms with Gasteiger partial charge < -0.3 is 10.6 Å². The van der Waals surface area contributed by atoms with Gasteiger partial charge in [-0.3, -0.25) is 14.8 Å². The monoisotopic (exact) mass is 320 g/mol. The van der Waals surface area contributed by atoms with Crippen molar-refractivity contribution < 1.29 is 4.79 Å². The fourth-order valence-electron chi connectivity index (χ4n) is 2.71. The molecular weight excluding hydrogens is 300 g/mol. The van der Waals surface area contributed by atoms with Crippen LogP contribution in [0.15, 0.2) is 30.6 Å². The van der Waals surface area contributed by atoms with Gasteiger partial charge in [0.05, 0.1) is 11.0 Å². The first-order valence-electron chi connectivity index (χ1n) is 7.36. The van der Waals surface area contributed by atoms with E-state index in [0.717, 1.165) is 37.0 Å². The van der Waals surface area contributed by atoms with Crippen molar-refractivity contribution >= 4 is 29.3 Å². The summed E-state index contributed by atoms with van der Waals surface area (Å²) < 4.78 is 0. The zero-order valence-corrected chi connectivity index (χ0v) is 13.4. The number of fused-ring (bicyclic) bond motifs is 1. The van der Waals surface area contributed by atoms with Gasteiger partial charge in [0, 0.05) is 24.5 Å². The highest BCUT2D eigenvalue weighted by Crippen LogP contribution is 2.26. The van der Waals surface area contributed by atoms with Crippen molar-refractivity contribution in [3.05, 3.63) is 36.2 Å². The smallest absolute Gasteiger partial charge is 0.251 e. The molecular formula is C16H21ClN4O. The number of amides is 1. The lowest BCUT2D eigenvalue weighted by atomic mass is 9.81. The number of rotatable bonds is 3. The van der Waals surface area contributed by atoms with Crippen molar-refractivity contribution in [3.8, 4) is 0 Å². The average molecular weight is 321 g/mol. The summed E-state index contributed by atoms with van der Waals surface area (Å²) in [5.74, 6) is -0.0395. The zero-order valence-electron chi connectivity index (χ0n) is 12.6. The highest BCUT2D eigenvalue weighted by atomic mass is 35.5. The van der Waals surface area contributed by atoms with Gasteiger partial charge in [0.25, 0.3) is 5.91 Å². The van der Waals surface area contributed by atoms with Gasteiger partial charge in [-0.1, -0.05) is 6.92 Å². The van der Waals surface area contributed by atoms with Crippen molar-refractivity contribution in [1.29, 1.82) is 0 Å². The van der Waals surface area contributed by atoms with Crippen LogP contribution in [0.3, 0.4) is 0 Å². The molecule has 22 heavy (non-hydrogen) atoms. The molecule has 1 aromatic carbocycles. The van der Waals surface area contributed by atoms with Crippen molar-refractivity contribution in [2.24, 2.45) is 5.41 Å². The first kappa shape index (κ1) is 16.6. The predicted octanol–water partition coefficient (Wildman–Crippen LogP) is 2.17. The second-order valence-electron chi connectivity index (χ2n) is 6.00. The van der Waals surface area contributed by atoms with Crippen molar-refractivity contribution in [2.75, 3.05) is 19.6 Å². The van der Waals surface area contributed by atoms with Gasteiger partial charge in [-0.15, -0.1) is 12.4 Å². The van der Waals surface area contributed by atoms with E-state index in [9.17, 15) is 4.79 Å². The molecule has 0 unspecified atom stereocenters. The Kier molecular flexibility index (Phi) is 5.32. The molecule has 0 spiro atoms. The number of aromatic nitrogens is 2. The van der Waals surface area contributed by atoms with Gasteiger partial charge in [-0.05, 0) is 49.5 Å². The van der Waals surface area contributed by atoms with Crippen LogP contribution in [0, 0.1) is 5.41 Å². The molecule has 1 aromatic heterocycles. The number of nitrogens with one attached hydrogen (secondary N) is 2. The van der Waals surface area contributed by atoms with Crippen LogP contribution >= 0.6 is 12.4 Å². The lowest BCUT2D eigenvalue weighted by Crippen LogP contribution is -2.42. The maximum absolute atomic E-state index is 12.3. The Morgan fingerprint density at radius 1 is 1.23 bits per heavy atom. The Morgan fingerprint density at radius 3 is 2.64 bits per heavy atom. The number of hydrogen-bond donors (Lipinski definition) is 2. The van der Waals surface area contributed by atoms with E-state index in [4.69, 9.17) is 0 Å². The molecule has 1 fully saturated rings. The summed E-state index contributed by atoms with van der Waals surface area (Å²) in [6.45, 7) is 5.00. The summed E-state index contributed by atoms with van der Waals surface area (Å²) in [5.41, 5.74) is 2.38. The summed E-state index contributed by atoms with van der Waals surface area (Å²) in [4.78, 5) is 20.7. The van der Waals surface area contributed by atoms with Crippen molar-refractivity contribution in [1.82, 2.24) is 20.6 Å². The van der Waals surface area contributed by atoms with Crippen LogP contribution < -0.4 is 10.6 Å². The van der Waals surface area contributed by atoms with E-state index in [-0.39, 0.29) is 23.7 Å². The van der Waals surface area contributed by atoms with Crippen molar-refractivity contribution in [2.45, 2.75) is 19.8 Å². The standard InChI is InChI=1S/C16H20N4O.ClH/c1-16(4-6-17-7-5-16)11-20-15(21)12-2-3-13-14(10-12)19-9-8-18-13;/h2-3,8-10,17H,4-7,11H2,1H3,(H,20,21);1H. The maximum Gasteiger partial charge on any atom is 0.251 e. The van der Waals surface area contributed by atoms with E-state index in [0.29, 0.717) is 12.1 Å². The molecule has 0 radical (unpaired) electrons. The van der Waals surface area contributed by atoms with Gasteiger partial charge in [0.1, 0.15) is 0 Å². The highest BCUT2D eigenvalue weighted by molar-refractivity contribution is 5.97. The van der Waals surface area contributed by atoms with Crippen LogP contribution in [0.25, 0.3) is 11.0 Å². The Balaban J connectivity index is 0.00000176. The summed E-state index contributed by atoms with van der Waals surface area (Å²) in [7, 11) is 0. The molecule has 0 saturated carbocycles. The van der Waals surface area contributed by atoms with Crippen LogP contribution in [0.4, 0.5) is 0 Å². The minimum atomic E-state index is -0.0395. The van der Waals surface area contributed by atoms with Gasteiger partial charge >= 0.3 is 0 Å². The molecule has 0 atom stereocenters. The number of benzene rings is 1. The number of hydrogen-bond acceptors (Lipinski definition) is 4. The van der Waals surface area contributed by atoms with Crippen LogP contribution in [-0.4, -0.2) is 35.5 Å². The van der Waals surface area contributed by atoms with Gasteiger partial charge in [-0.2, -0.15) is 0 Å². The topological polar surface area (TPSA) is 66.9 Å². The molecule has 2 heterocycles. The van der Waals surface area contributed by atoms with E-state index >= 15 is 0 Å². The Bertz CT molecular complexity index is 655. The summed E-state index contributed by atoms with van der Waals surface area (Å²) >= 11 is 0. The molecule has 3 rings (SSSR count). The summed E-state index contributed by atoms with van der Waals surface area (Å²) in [5, 5.41) is 6.41. The Labute approximate surface area is 136 Å². The van der Waals surface area contributed by atoms with Gasteiger partial charge in [0.2, 0.25) is 0 Å². The first-order valence-corrected chi connectivity index (χ1v) is 7.36. The van der Waals surface area contributed by atoms with Crippen LogP contribution in [0.1, 0.15) is 30.1 Å². The number of piperidine rings is 1. The third kappa shape index (κ3) is 3.72. The molecule has 0 bridgehead atoms. The Morgan fingerprint density at radius 2 is 1.91 bits per heavy atom. The fraction of sp³-hybridized carbons (Fsp3) is 0.438. The Hall–Kier alpha value is -1.72. The molecule has 118 valence electrons. The molecule has 1 amide bonds. The maximum atomic E-state index is 12.3. The van der Waals surface area contributed by atoms with E-state index < -0.39 is 0 Å². The third-order valence-corrected chi connectivity index (χ3v) is 4.22. The SMILES string of the molecule is CC1(CNC(=O)c2ccc3nccnc3c2)CCNCC1.Cl. The molecule has 6 heteroatoms. The summed E-state index contributed by atoms with van der Waals surface area (Å²) in [6, 6.07) is 5.43. The molecule has 1 aliphatic heterocycles. The first-order chi connectivity index (χ1) is 10.2. The van der Waals surface area contributed by atoms with E-state index in [1.807, 2.05) is 6.07 Å². The normalized spacial score (nSPS) is 16.8. The van der Waals surface area contributed by atoms with Crippen LogP contribution in [0.5, 0.6) is 0 Å². The van der Waals surface area contributed by atoms with Gasteiger partial charge in [0.15, 0.2) is 0 Å². The van der Waals surface area contributed by atoms with E-state index in [1.54, 1.807) is 24.5 Å². The molecule has 0 aliphatic carbocycles. The minimum absolute atomic E-state index is 0. The average Bonchev–Trinajstić information content (AvgIpc) is 2.53. The molecule has 5 nitrogen and oxygen atoms in total.